The van der Waals surface area contributed by atoms with Crippen molar-refractivity contribution in [3.63, 3.8) is 0 Å². The zero-order valence-electron chi connectivity index (χ0n) is 13.5. The largest absolute Gasteiger partial charge is 0.389 e. The van der Waals surface area contributed by atoms with Crippen molar-refractivity contribution in [2.24, 2.45) is 5.41 Å². The highest BCUT2D eigenvalue weighted by atomic mass is 16.3. The first kappa shape index (κ1) is 16.9. The van der Waals surface area contributed by atoms with Gasteiger partial charge in [-0.05, 0) is 52.1 Å². The van der Waals surface area contributed by atoms with Gasteiger partial charge < -0.3 is 15.3 Å². The molecule has 1 saturated carbocycles. The predicted molar refractivity (Wildman–Crippen MR) is 82.5 cm³/mol. The quantitative estimate of drug-likeness (QED) is 0.666. The number of likely N-dealkylation sites (N-methyl/N-ethyl adjacent to an activating group) is 1. The molecule has 0 radical (unpaired) electrons. The number of aliphatic hydroxyl groups is 1. The van der Waals surface area contributed by atoms with Gasteiger partial charge in [0.15, 0.2) is 0 Å². The number of nitrogens with one attached hydrogen (secondary N) is 1. The van der Waals surface area contributed by atoms with Crippen LogP contribution in [0.4, 0.5) is 0 Å². The second kappa shape index (κ2) is 7.61. The Hall–Kier alpha value is -0.120. The number of hydrogen-bond donors (Lipinski definition) is 2. The fraction of sp³-hybridized carbons (Fsp3) is 1.00. The minimum absolute atomic E-state index is 0.424. The van der Waals surface area contributed by atoms with Crippen molar-refractivity contribution in [1.82, 2.24) is 10.2 Å². The van der Waals surface area contributed by atoms with E-state index in [0.717, 1.165) is 26.2 Å². The molecule has 0 amide bonds. The third kappa shape index (κ3) is 6.73. The Morgan fingerprint density at radius 1 is 1.21 bits per heavy atom. The molecule has 0 spiro atoms. The van der Waals surface area contributed by atoms with Gasteiger partial charge in [0.05, 0.1) is 5.60 Å². The summed E-state index contributed by atoms with van der Waals surface area (Å²) in [4.78, 5) is 2.32. The Bertz CT molecular complexity index is 242. The van der Waals surface area contributed by atoms with Crippen LogP contribution in [0.3, 0.4) is 0 Å². The van der Waals surface area contributed by atoms with Gasteiger partial charge in [0.25, 0.3) is 0 Å². The maximum absolute atomic E-state index is 9.96. The molecule has 2 N–H and O–H groups in total. The van der Waals surface area contributed by atoms with Gasteiger partial charge in [-0.2, -0.15) is 0 Å². The Morgan fingerprint density at radius 2 is 1.84 bits per heavy atom. The molecular weight excluding hydrogens is 236 g/mol. The molecule has 0 aromatic rings. The van der Waals surface area contributed by atoms with Gasteiger partial charge in [-0.25, -0.2) is 0 Å². The highest BCUT2D eigenvalue weighted by Gasteiger charge is 2.33. The molecule has 0 aromatic heterocycles. The molecule has 1 aliphatic carbocycles. The molecule has 3 nitrogen and oxygen atoms in total. The van der Waals surface area contributed by atoms with E-state index in [2.05, 4.69) is 24.2 Å². The zero-order valence-corrected chi connectivity index (χ0v) is 13.5. The van der Waals surface area contributed by atoms with E-state index in [9.17, 15) is 5.11 Å². The standard InChI is InChI=1S/C16H34N2O/c1-5-11-17-12-16(9-7-6-8-10-16)14-18(4)13-15(2,3)19/h17,19H,5-14H2,1-4H3. The first-order valence-electron chi connectivity index (χ1n) is 7.99. The molecule has 1 rings (SSSR count). The topological polar surface area (TPSA) is 35.5 Å². The molecule has 0 bridgehead atoms. The first-order valence-corrected chi connectivity index (χ1v) is 7.99. The molecule has 3 heteroatoms. The molecule has 0 heterocycles. The summed E-state index contributed by atoms with van der Waals surface area (Å²) < 4.78 is 0. The maximum Gasteiger partial charge on any atom is 0.0718 e. The van der Waals surface area contributed by atoms with E-state index in [-0.39, 0.29) is 0 Å². The molecule has 0 unspecified atom stereocenters. The van der Waals surface area contributed by atoms with Crippen LogP contribution >= 0.6 is 0 Å². The first-order chi connectivity index (χ1) is 8.87. The van der Waals surface area contributed by atoms with Crippen LogP contribution in [-0.4, -0.2) is 48.8 Å². The van der Waals surface area contributed by atoms with Gasteiger partial charge in [-0.3, -0.25) is 0 Å². The van der Waals surface area contributed by atoms with Crippen LogP contribution in [0.15, 0.2) is 0 Å². The highest BCUT2D eigenvalue weighted by Crippen LogP contribution is 2.36. The lowest BCUT2D eigenvalue weighted by molar-refractivity contribution is 0.0230. The lowest BCUT2D eigenvalue weighted by Crippen LogP contribution is -2.47. The minimum Gasteiger partial charge on any atom is -0.389 e. The third-order valence-corrected chi connectivity index (χ3v) is 4.10. The molecule has 0 atom stereocenters. The lowest BCUT2D eigenvalue weighted by Gasteiger charge is -2.41. The summed E-state index contributed by atoms with van der Waals surface area (Å²) in [7, 11) is 2.15. The van der Waals surface area contributed by atoms with E-state index >= 15 is 0 Å². The molecule has 114 valence electrons. The van der Waals surface area contributed by atoms with Gasteiger partial charge in [-0.15, -0.1) is 0 Å². The normalized spacial score (nSPS) is 19.9. The molecule has 19 heavy (non-hydrogen) atoms. The molecule has 0 aromatic carbocycles. The molecule has 0 aliphatic heterocycles. The van der Waals surface area contributed by atoms with Crippen molar-refractivity contribution in [3.05, 3.63) is 0 Å². The van der Waals surface area contributed by atoms with Crippen LogP contribution in [0, 0.1) is 5.41 Å². The Kier molecular flexibility index (Phi) is 6.78. The zero-order chi connectivity index (χ0) is 14.4. The van der Waals surface area contributed by atoms with E-state index in [1.54, 1.807) is 0 Å². The molecule has 1 fully saturated rings. The average Bonchev–Trinajstić information content (AvgIpc) is 2.27. The summed E-state index contributed by atoms with van der Waals surface area (Å²) in [6, 6.07) is 0. The van der Waals surface area contributed by atoms with Crippen molar-refractivity contribution >= 4 is 0 Å². The van der Waals surface area contributed by atoms with Crippen molar-refractivity contribution in [3.8, 4) is 0 Å². The smallest absolute Gasteiger partial charge is 0.0718 e. The van der Waals surface area contributed by atoms with Crippen molar-refractivity contribution in [1.29, 1.82) is 0 Å². The van der Waals surface area contributed by atoms with Crippen LogP contribution in [-0.2, 0) is 0 Å². The van der Waals surface area contributed by atoms with Gasteiger partial charge in [-0.1, -0.05) is 26.2 Å². The van der Waals surface area contributed by atoms with E-state index in [1.165, 1.54) is 38.5 Å². The summed E-state index contributed by atoms with van der Waals surface area (Å²) in [5.41, 5.74) is -0.172. The molecule has 1 aliphatic rings. The summed E-state index contributed by atoms with van der Waals surface area (Å²) >= 11 is 0. The Labute approximate surface area is 119 Å². The molecular formula is C16H34N2O. The van der Waals surface area contributed by atoms with Crippen LogP contribution in [0.2, 0.25) is 0 Å². The number of nitrogens with zero attached hydrogens (tertiary/aromatic N) is 1. The average molecular weight is 270 g/mol. The number of rotatable bonds is 8. The lowest BCUT2D eigenvalue weighted by atomic mass is 9.73. The fourth-order valence-electron chi connectivity index (χ4n) is 3.51. The van der Waals surface area contributed by atoms with Crippen LogP contribution in [0.25, 0.3) is 0 Å². The van der Waals surface area contributed by atoms with Crippen molar-refractivity contribution in [2.45, 2.75) is 64.9 Å². The Morgan fingerprint density at radius 3 is 2.37 bits per heavy atom. The highest BCUT2D eigenvalue weighted by molar-refractivity contribution is 4.88. The van der Waals surface area contributed by atoms with E-state index < -0.39 is 5.60 Å². The maximum atomic E-state index is 9.96. The van der Waals surface area contributed by atoms with Crippen molar-refractivity contribution in [2.75, 3.05) is 33.2 Å². The number of hydrogen-bond acceptors (Lipinski definition) is 3. The fourth-order valence-corrected chi connectivity index (χ4v) is 3.51. The monoisotopic (exact) mass is 270 g/mol. The predicted octanol–water partition coefficient (Wildman–Crippen LogP) is 2.64. The second-order valence-electron chi connectivity index (χ2n) is 7.22. The third-order valence-electron chi connectivity index (χ3n) is 4.10. The van der Waals surface area contributed by atoms with Crippen LogP contribution in [0.1, 0.15) is 59.3 Å². The second-order valence-corrected chi connectivity index (χ2v) is 7.22. The van der Waals surface area contributed by atoms with Gasteiger partial charge >= 0.3 is 0 Å². The van der Waals surface area contributed by atoms with E-state index in [4.69, 9.17) is 0 Å². The van der Waals surface area contributed by atoms with Gasteiger partial charge in [0.1, 0.15) is 0 Å². The summed E-state index contributed by atoms with van der Waals surface area (Å²) in [5.74, 6) is 0. The SMILES string of the molecule is CCCNCC1(CN(C)CC(C)(C)O)CCCCC1. The summed E-state index contributed by atoms with van der Waals surface area (Å²) in [6.07, 6.45) is 7.99. The Balaban J connectivity index is 2.53. The minimum atomic E-state index is -0.596. The summed E-state index contributed by atoms with van der Waals surface area (Å²) in [6.45, 7) is 10.1. The van der Waals surface area contributed by atoms with Crippen LogP contribution < -0.4 is 5.32 Å². The van der Waals surface area contributed by atoms with Gasteiger partial charge in [0.2, 0.25) is 0 Å². The van der Waals surface area contributed by atoms with E-state index in [1.807, 2.05) is 13.8 Å². The molecule has 0 saturated heterocycles. The van der Waals surface area contributed by atoms with Crippen LogP contribution in [0.5, 0.6) is 0 Å². The van der Waals surface area contributed by atoms with Crippen molar-refractivity contribution < 1.29 is 5.11 Å². The summed E-state index contributed by atoms with van der Waals surface area (Å²) in [5, 5.41) is 13.6. The van der Waals surface area contributed by atoms with E-state index in [0.29, 0.717) is 5.41 Å². The van der Waals surface area contributed by atoms with Gasteiger partial charge in [0, 0.05) is 19.6 Å².